The highest BCUT2D eigenvalue weighted by Crippen LogP contribution is 2.31. The lowest BCUT2D eigenvalue weighted by atomic mass is 10.1. The minimum absolute atomic E-state index is 0.0562. The van der Waals surface area contributed by atoms with E-state index in [4.69, 9.17) is 9.15 Å². The molecule has 0 radical (unpaired) electrons. The van der Waals surface area contributed by atoms with Gasteiger partial charge in [-0.15, -0.1) is 0 Å². The molecule has 4 rings (SSSR count). The van der Waals surface area contributed by atoms with Crippen molar-refractivity contribution in [3.63, 3.8) is 0 Å². The third kappa shape index (κ3) is 5.83. The maximum absolute atomic E-state index is 13.3. The van der Waals surface area contributed by atoms with Crippen LogP contribution in [0.2, 0.25) is 0 Å². The third-order valence-corrected chi connectivity index (χ3v) is 5.33. The average molecular weight is 469 g/mol. The number of amides is 3. The first-order valence-electron chi connectivity index (χ1n) is 11.0. The minimum atomic E-state index is -0.446. The first-order valence-corrected chi connectivity index (χ1v) is 11.0. The molecule has 176 valence electrons. The zero-order valence-corrected chi connectivity index (χ0v) is 19.1. The number of rotatable bonds is 8. The lowest BCUT2D eigenvalue weighted by molar-refractivity contribution is -0.125. The molecule has 1 heterocycles. The standard InChI is InChI=1S/C28H24N2O5/c1-34-25-19-22(14-15-23(25)29-28(33)24-13-8-16-35-24)30(26(31)17-20-9-4-2-5-10-20)27(32)18-21-11-6-3-7-12-21/h2-16,19H,17-18H2,1H3,(H,29,33). The summed E-state index contributed by atoms with van der Waals surface area (Å²) in [4.78, 5) is 40.3. The number of anilines is 2. The quantitative estimate of drug-likeness (QED) is 0.398. The van der Waals surface area contributed by atoms with Crippen LogP contribution in [-0.2, 0) is 22.4 Å². The van der Waals surface area contributed by atoms with Crippen molar-refractivity contribution in [2.75, 3.05) is 17.3 Å². The second-order valence-electron chi connectivity index (χ2n) is 7.76. The van der Waals surface area contributed by atoms with Gasteiger partial charge in [-0.2, -0.15) is 0 Å². The zero-order valence-electron chi connectivity index (χ0n) is 19.1. The van der Waals surface area contributed by atoms with Crippen LogP contribution in [0.3, 0.4) is 0 Å². The first-order chi connectivity index (χ1) is 17.0. The van der Waals surface area contributed by atoms with Crippen LogP contribution in [0.25, 0.3) is 0 Å². The smallest absolute Gasteiger partial charge is 0.291 e. The number of imide groups is 1. The van der Waals surface area contributed by atoms with Crippen LogP contribution in [0.1, 0.15) is 21.7 Å². The van der Waals surface area contributed by atoms with Crippen LogP contribution in [0.5, 0.6) is 5.75 Å². The fourth-order valence-corrected chi connectivity index (χ4v) is 3.64. The molecular weight excluding hydrogens is 444 g/mol. The third-order valence-electron chi connectivity index (χ3n) is 5.33. The number of hydrogen-bond acceptors (Lipinski definition) is 5. The van der Waals surface area contributed by atoms with Crippen molar-refractivity contribution in [2.24, 2.45) is 0 Å². The summed E-state index contributed by atoms with van der Waals surface area (Å²) in [6.07, 6.45) is 1.52. The highest BCUT2D eigenvalue weighted by Gasteiger charge is 2.25. The Morgan fingerprint density at radius 3 is 1.91 bits per heavy atom. The average Bonchev–Trinajstić information content (AvgIpc) is 3.41. The molecule has 7 heteroatoms. The summed E-state index contributed by atoms with van der Waals surface area (Å²) >= 11 is 0. The van der Waals surface area contributed by atoms with E-state index in [-0.39, 0.29) is 30.4 Å². The summed E-state index contributed by atoms with van der Waals surface area (Å²) in [6.45, 7) is 0. The molecule has 0 fully saturated rings. The van der Waals surface area contributed by atoms with Crippen molar-refractivity contribution in [1.82, 2.24) is 0 Å². The van der Waals surface area contributed by atoms with E-state index in [0.717, 1.165) is 11.1 Å². The van der Waals surface area contributed by atoms with Crippen LogP contribution in [0.15, 0.2) is 102 Å². The van der Waals surface area contributed by atoms with Crippen LogP contribution in [0.4, 0.5) is 11.4 Å². The highest BCUT2D eigenvalue weighted by atomic mass is 16.5. The molecular formula is C28H24N2O5. The number of nitrogens with one attached hydrogen (secondary N) is 1. The fourth-order valence-electron chi connectivity index (χ4n) is 3.64. The lowest BCUT2D eigenvalue weighted by Gasteiger charge is -2.23. The molecule has 0 saturated heterocycles. The Hall–Kier alpha value is -4.65. The first kappa shape index (κ1) is 23.5. The molecule has 1 N–H and O–H groups in total. The maximum atomic E-state index is 13.3. The van der Waals surface area contributed by atoms with E-state index in [1.807, 2.05) is 60.7 Å². The molecule has 3 amide bonds. The molecule has 4 aromatic rings. The van der Waals surface area contributed by atoms with Crippen molar-refractivity contribution in [1.29, 1.82) is 0 Å². The Morgan fingerprint density at radius 2 is 1.40 bits per heavy atom. The Bertz CT molecular complexity index is 1250. The van der Waals surface area contributed by atoms with Gasteiger partial charge in [0.15, 0.2) is 5.76 Å². The van der Waals surface area contributed by atoms with Crippen molar-refractivity contribution in [3.8, 4) is 5.75 Å². The van der Waals surface area contributed by atoms with Gasteiger partial charge >= 0.3 is 0 Å². The summed E-state index contributed by atoms with van der Waals surface area (Å²) in [7, 11) is 1.45. The molecule has 0 saturated carbocycles. The van der Waals surface area contributed by atoms with E-state index in [9.17, 15) is 14.4 Å². The predicted molar refractivity (Wildman–Crippen MR) is 132 cm³/mol. The summed E-state index contributed by atoms with van der Waals surface area (Å²) < 4.78 is 10.6. The van der Waals surface area contributed by atoms with E-state index >= 15 is 0 Å². The van der Waals surface area contributed by atoms with E-state index in [1.165, 1.54) is 18.3 Å². The second-order valence-corrected chi connectivity index (χ2v) is 7.76. The SMILES string of the molecule is COc1cc(N(C(=O)Cc2ccccc2)C(=O)Cc2ccccc2)ccc1NC(=O)c1ccco1. The molecule has 0 aliphatic heterocycles. The number of benzene rings is 3. The molecule has 0 unspecified atom stereocenters. The summed E-state index contributed by atoms with van der Waals surface area (Å²) in [5.74, 6) is -0.738. The van der Waals surface area contributed by atoms with E-state index in [0.29, 0.717) is 17.1 Å². The summed E-state index contributed by atoms with van der Waals surface area (Å²) in [5, 5.41) is 2.72. The van der Waals surface area contributed by atoms with Crippen LogP contribution < -0.4 is 15.0 Å². The number of nitrogens with zero attached hydrogens (tertiary/aromatic N) is 1. The van der Waals surface area contributed by atoms with Crippen molar-refractivity contribution >= 4 is 29.1 Å². The maximum Gasteiger partial charge on any atom is 0.291 e. The zero-order chi connectivity index (χ0) is 24.6. The topological polar surface area (TPSA) is 88.9 Å². The van der Waals surface area contributed by atoms with E-state index in [2.05, 4.69) is 5.32 Å². The van der Waals surface area contributed by atoms with Gasteiger partial charge in [0.2, 0.25) is 11.8 Å². The molecule has 35 heavy (non-hydrogen) atoms. The van der Waals surface area contributed by atoms with Gasteiger partial charge in [0, 0.05) is 6.07 Å². The number of hydrogen-bond donors (Lipinski definition) is 1. The van der Waals surface area contributed by atoms with Gasteiger partial charge in [-0.25, -0.2) is 4.90 Å². The fraction of sp³-hybridized carbons (Fsp3) is 0.107. The van der Waals surface area contributed by atoms with Crippen molar-refractivity contribution < 1.29 is 23.5 Å². The largest absolute Gasteiger partial charge is 0.494 e. The van der Waals surface area contributed by atoms with Crippen molar-refractivity contribution in [2.45, 2.75) is 12.8 Å². The van der Waals surface area contributed by atoms with Gasteiger partial charge in [0.25, 0.3) is 5.91 Å². The molecule has 1 aromatic heterocycles. The number of carbonyl (C=O) groups excluding carboxylic acids is 3. The second kappa shape index (κ2) is 11.0. The number of furan rings is 1. The van der Waals surface area contributed by atoms with Gasteiger partial charge in [-0.1, -0.05) is 60.7 Å². The number of carbonyl (C=O) groups is 3. The molecule has 0 aliphatic rings. The van der Waals surface area contributed by atoms with Crippen LogP contribution in [-0.4, -0.2) is 24.8 Å². The predicted octanol–water partition coefficient (Wildman–Crippen LogP) is 4.89. The minimum Gasteiger partial charge on any atom is -0.494 e. The van der Waals surface area contributed by atoms with Gasteiger partial charge in [0.05, 0.1) is 37.6 Å². The monoisotopic (exact) mass is 468 g/mol. The Labute approximate surface area is 202 Å². The molecule has 7 nitrogen and oxygen atoms in total. The van der Waals surface area contributed by atoms with E-state index < -0.39 is 5.91 Å². The lowest BCUT2D eigenvalue weighted by Crippen LogP contribution is -2.39. The highest BCUT2D eigenvalue weighted by molar-refractivity contribution is 6.16. The molecule has 3 aromatic carbocycles. The van der Waals surface area contributed by atoms with Gasteiger partial charge in [-0.05, 0) is 35.4 Å². The Balaban J connectivity index is 1.64. The molecule has 0 bridgehead atoms. The van der Waals surface area contributed by atoms with Crippen molar-refractivity contribution in [3.05, 3.63) is 114 Å². The summed E-state index contributed by atoms with van der Waals surface area (Å²) in [6, 6.07) is 26.4. The normalized spacial score (nSPS) is 10.4. The molecule has 0 aliphatic carbocycles. The number of ether oxygens (including phenoxy) is 1. The number of methoxy groups -OCH3 is 1. The van der Waals surface area contributed by atoms with Gasteiger partial charge in [-0.3, -0.25) is 14.4 Å². The van der Waals surface area contributed by atoms with E-state index in [1.54, 1.807) is 30.3 Å². The molecule has 0 atom stereocenters. The van der Waals surface area contributed by atoms with Gasteiger partial charge < -0.3 is 14.5 Å². The Morgan fingerprint density at radius 1 is 0.800 bits per heavy atom. The van der Waals surface area contributed by atoms with Crippen LogP contribution in [0, 0.1) is 0 Å². The summed E-state index contributed by atoms with van der Waals surface area (Å²) in [5.41, 5.74) is 2.32. The van der Waals surface area contributed by atoms with Crippen LogP contribution >= 0.6 is 0 Å². The molecule has 0 spiro atoms. The Kier molecular flexibility index (Phi) is 7.37. The van der Waals surface area contributed by atoms with Gasteiger partial charge in [0.1, 0.15) is 5.75 Å².